The van der Waals surface area contributed by atoms with E-state index in [9.17, 15) is 13.6 Å². The van der Waals surface area contributed by atoms with Crippen molar-refractivity contribution >= 4 is 11.7 Å². The van der Waals surface area contributed by atoms with Gasteiger partial charge in [0.1, 0.15) is 11.9 Å². The zero-order valence-corrected chi connectivity index (χ0v) is 15.0. The molecule has 4 rings (SSSR count). The Morgan fingerprint density at radius 3 is 2.43 bits per heavy atom. The van der Waals surface area contributed by atoms with E-state index in [1.165, 1.54) is 7.11 Å². The molecule has 1 aliphatic heterocycles. The highest BCUT2D eigenvalue weighted by atomic mass is 19.1. The molecule has 0 N–H and O–H groups in total. The summed E-state index contributed by atoms with van der Waals surface area (Å²) in [5.41, 5.74) is 1.99. The Bertz CT molecular complexity index is 982. The number of esters is 1. The third-order valence-corrected chi connectivity index (χ3v) is 4.51. The van der Waals surface area contributed by atoms with Gasteiger partial charge in [0.15, 0.2) is 0 Å². The summed E-state index contributed by atoms with van der Waals surface area (Å²) in [7, 11) is 1.34. The number of hydrogen-bond acceptors (Lipinski definition) is 5. The van der Waals surface area contributed by atoms with Gasteiger partial charge in [-0.05, 0) is 24.3 Å². The van der Waals surface area contributed by atoms with Gasteiger partial charge in [0.25, 0.3) is 0 Å². The van der Waals surface area contributed by atoms with E-state index in [-0.39, 0.29) is 11.9 Å². The maximum atomic E-state index is 13.2. The fraction of sp³-hybridized carbons (Fsp3) is 0.200. The lowest BCUT2D eigenvalue weighted by molar-refractivity contribution is 0.0600. The zero-order valence-electron chi connectivity index (χ0n) is 15.0. The minimum absolute atomic E-state index is 0.101. The Hall–Kier alpha value is -3.42. The molecule has 0 amide bonds. The summed E-state index contributed by atoms with van der Waals surface area (Å²) in [5, 5.41) is 0. The summed E-state index contributed by atoms with van der Waals surface area (Å²) >= 11 is 0. The number of aromatic nitrogens is 2. The van der Waals surface area contributed by atoms with E-state index in [0.29, 0.717) is 24.3 Å². The van der Waals surface area contributed by atoms with Gasteiger partial charge in [-0.1, -0.05) is 6.07 Å². The summed E-state index contributed by atoms with van der Waals surface area (Å²) in [5.74, 6) is -2.18. The third-order valence-electron chi connectivity index (χ3n) is 4.51. The predicted molar refractivity (Wildman–Crippen MR) is 97.9 cm³/mol. The molecule has 28 heavy (non-hydrogen) atoms. The van der Waals surface area contributed by atoms with Crippen molar-refractivity contribution in [3.63, 3.8) is 0 Å². The van der Waals surface area contributed by atoms with Crippen LogP contribution in [-0.2, 0) is 4.74 Å². The Morgan fingerprint density at radius 1 is 1.11 bits per heavy atom. The molecule has 0 bridgehead atoms. The van der Waals surface area contributed by atoms with Crippen LogP contribution in [0.3, 0.4) is 0 Å². The van der Waals surface area contributed by atoms with Gasteiger partial charge in [-0.25, -0.2) is 4.79 Å². The molecule has 0 unspecified atom stereocenters. The molecule has 2 aromatic heterocycles. The molecule has 6 nitrogen and oxygen atoms in total. The van der Waals surface area contributed by atoms with Crippen molar-refractivity contribution < 1.29 is 23.0 Å². The highest BCUT2D eigenvalue weighted by molar-refractivity contribution is 5.96. The molecule has 0 saturated carbocycles. The standard InChI is InChI=1S/C20H17F2N3O3/c1-27-20(26)15-5-4-6-16(19(15)24-7-2-3-8-24)25-11-14(12-25)28-13-9-17(21)23-18(22)10-13/h2-10,14H,11-12H2,1H3. The number of anilines is 1. The second-order valence-electron chi connectivity index (χ2n) is 6.35. The number of nitrogens with zero attached hydrogens (tertiary/aromatic N) is 3. The molecule has 3 aromatic rings. The number of para-hydroxylation sites is 1. The van der Waals surface area contributed by atoms with Crippen LogP contribution in [0.15, 0.2) is 54.9 Å². The molecular formula is C20H17F2N3O3. The smallest absolute Gasteiger partial charge is 0.340 e. The van der Waals surface area contributed by atoms with E-state index < -0.39 is 17.9 Å². The summed E-state index contributed by atoms with van der Waals surface area (Å²) in [6.45, 7) is 1.01. The number of rotatable bonds is 5. The molecule has 1 saturated heterocycles. The summed E-state index contributed by atoms with van der Waals surface area (Å²) in [6.07, 6.45) is 3.46. The molecule has 1 fully saturated rings. The van der Waals surface area contributed by atoms with Crippen LogP contribution in [0.1, 0.15) is 10.4 Å². The van der Waals surface area contributed by atoms with Crippen LogP contribution < -0.4 is 9.64 Å². The molecule has 0 atom stereocenters. The van der Waals surface area contributed by atoms with E-state index in [1.54, 1.807) is 12.1 Å². The summed E-state index contributed by atoms with van der Waals surface area (Å²) < 4.78 is 38.8. The van der Waals surface area contributed by atoms with Gasteiger partial charge in [0.05, 0.1) is 37.1 Å². The number of carbonyl (C=O) groups excluding carboxylic acids is 1. The second-order valence-corrected chi connectivity index (χ2v) is 6.35. The van der Waals surface area contributed by atoms with Crippen molar-refractivity contribution in [3.8, 4) is 11.4 Å². The topological polar surface area (TPSA) is 56.6 Å². The van der Waals surface area contributed by atoms with Gasteiger partial charge in [0, 0.05) is 24.5 Å². The van der Waals surface area contributed by atoms with Crippen LogP contribution >= 0.6 is 0 Å². The third kappa shape index (κ3) is 3.40. The molecule has 0 radical (unpaired) electrons. The van der Waals surface area contributed by atoms with Gasteiger partial charge in [-0.15, -0.1) is 0 Å². The van der Waals surface area contributed by atoms with Gasteiger partial charge in [0.2, 0.25) is 11.9 Å². The van der Waals surface area contributed by atoms with Crippen molar-refractivity contribution in [2.75, 3.05) is 25.1 Å². The number of ether oxygens (including phenoxy) is 2. The van der Waals surface area contributed by atoms with Crippen LogP contribution in [-0.4, -0.2) is 41.8 Å². The average Bonchev–Trinajstić information content (AvgIpc) is 3.16. The van der Waals surface area contributed by atoms with E-state index in [4.69, 9.17) is 9.47 Å². The molecular weight excluding hydrogens is 368 g/mol. The lowest BCUT2D eigenvalue weighted by atomic mass is 10.1. The number of benzene rings is 1. The van der Waals surface area contributed by atoms with E-state index >= 15 is 0 Å². The average molecular weight is 385 g/mol. The highest BCUT2D eigenvalue weighted by Gasteiger charge is 2.32. The maximum absolute atomic E-state index is 13.2. The number of halogens is 2. The molecule has 1 aliphatic rings. The zero-order chi connectivity index (χ0) is 19.7. The maximum Gasteiger partial charge on any atom is 0.340 e. The number of pyridine rings is 1. The number of methoxy groups -OCH3 is 1. The largest absolute Gasteiger partial charge is 0.486 e. The summed E-state index contributed by atoms with van der Waals surface area (Å²) in [6, 6.07) is 11.2. The van der Waals surface area contributed by atoms with Crippen molar-refractivity contribution in [2.45, 2.75) is 6.10 Å². The van der Waals surface area contributed by atoms with Crippen molar-refractivity contribution in [1.29, 1.82) is 0 Å². The van der Waals surface area contributed by atoms with Crippen molar-refractivity contribution in [1.82, 2.24) is 9.55 Å². The van der Waals surface area contributed by atoms with Crippen LogP contribution in [0.2, 0.25) is 0 Å². The number of hydrogen-bond donors (Lipinski definition) is 0. The predicted octanol–water partition coefficient (Wildman–Crippen LogP) is 3.20. The second kappa shape index (κ2) is 7.30. The first-order chi connectivity index (χ1) is 13.5. The van der Waals surface area contributed by atoms with Gasteiger partial charge in [-0.3, -0.25) is 0 Å². The van der Waals surface area contributed by atoms with Crippen LogP contribution in [0.4, 0.5) is 14.5 Å². The molecule has 144 valence electrons. The molecule has 0 aliphatic carbocycles. The Labute approximate surface area is 159 Å². The van der Waals surface area contributed by atoms with E-state index in [2.05, 4.69) is 4.98 Å². The van der Waals surface area contributed by atoms with E-state index in [0.717, 1.165) is 17.8 Å². The highest BCUT2D eigenvalue weighted by Crippen LogP contribution is 2.33. The van der Waals surface area contributed by atoms with Crippen molar-refractivity contribution in [2.24, 2.45) is 0 Å². The lowest BCUT2D eigenvalue weighted by Gasteiger charge is -2.41. The van der Waals surface area contributed by atoms with Gasteiger partial charge in [-0.2, -0.15) is 13.8 Å². The molecule has 0 spiro atoms. The fourth-order valence-electron chi connectivity index (χ4n) is 3.23. The van der Waals surface area contributed by atoms with Crippen molar-refractivity contribution in [3.05, 3.63) is 72.3 Å². The first kappa shape index (κ1) is 18.0. The monoisotopic (exact) mass is 385 g/mol. The first-order valence-electron chi connectivity index (χ1n) is 8.64. The Kier molecular flexibility index (Phi) is 4.68. The van der Waals surface area contributed by atoms with Crippen LogP contribution in [0, 0.1) is 11.9 Å². The minimum atomic E-state index is -0.924. The molecule has 1 aromatic carbocycles. The first-order valence-corrected chi connectivity index (χ1v) is 8.64. The molecule has 3 heterocycles. The quantitative estimate of drug-likeness (QED) is 0.499. The lowest BCUT2D eigenvalue weighted by Crippen LogP contribution is -2.54. The Balaban J connectivity index is 1.57. The van der Waals surface area contributed by atoms with Crippen LogP contribution in [0.25, 0.3) is 5.69 Å². The summed E-state index contributed by atoms with van der Waals surface area (Å²) in [4.78, 5) is 17.3. The Morgan fingerprint density at radius 2 is 1.79 bits per heavy atom. The molecule has 8 heteroatoms. The minimum Gasteiger partial charge on any atom is -0.486 e. The van der Waals surface area contributed by atoms with Gasteiger partial charge < -0.3 is 18.9 Å². The normalized spacial score (nSPS) is 13.9. The van der Waals surface area contributed by atoms with Gasteiger partial charge >= 0.3 is 5.97 Å². The SMILES string of the molecule is COC(=O)c1cccc(N2CC(Oc3cc(F)nc(F)c3)C2)c1-n1cccc1. The number of carbonyl (C=O) groups is 1. The van der Waals surface area contributed by atoms with Crippen LogP contribution in [0.5, 0.6) is 5.75 Å². The fourth-order valence-corrected chi connectivity index (χ4v) is 3.23. The van der Waals surface area contributed by atoms with E-state index in [1.807, 2.05) is 40.1 Å².